The first-order chi connectivity index (χ1) is 13.6. The second-order valence-electron chi connectivity index (χ2n) is 6.73. The Labute approximate surface area is 166 Å². The van der Waals surface area contributed by atoms with Crippen molar-refractivity contribution in [1.29, 1.82) is 0 Å². The van der Waals surface area contributed by atoms with Crippen LogP contribution in [-0.4, -0.2) is 46.4 Å². The van der Waals surface area contributed by atoms with Crippen LogP contribution in [0.5, 0.6) is 11.5 Å². The third-order valence-electron chi connectivity index (χ3n) is 4.66. The fourth-order valence-electron chi connectivity index (χ4n) is 3.34. The second-order valence-corrected chi connectivity index (χ2v) is 7.69. The van der Waals surface area contributed by atoms with Crippen molar-refractivity contribution in [2.45, 2.75) is 31.5 Å². The molecular weight excluding hydrogens is 380 g/mol. The standard InChI is InChI=1S/C19H22N4O4S/c1-2-6-23-7-5-14-13(9-23)18(25)22-19(21-14)28-10-17(24)20-12-3-4-15-16(8-12)27-11-26-15/h3-4,8H,2,5-7,9-11H2,1H3,(H,20,24)(H,21,22,25). The van der Waals surface area contributed by atoms with Gasteiger partial charge in [0, 0.05) is 31.3 Å². The molecule has 0 radical (unpaired) electrons. The number of benzene rings is 1. The van der Waals surface area contributed by atoms with Gasteiger partial charge < -0.3 is 19.8 Å². The fraction of sp³-hybridized carbons (Fsp3) is 0.421. The number of nitrogens with one attached hydrogen (secondary N) is 2. The highest BCUT2D eigenvalue weighted by Gasteiger charge is 2.21. The normalized spacial score (nSPS) is 15.3. The maximum absolute atomic E-state index is 12.4. The minimum atomic E-state index is -0.182. The lowest BCUT2D eigenvalue weighted by atomic mass is 10.1. The van der Waals surface area contributed by atoms with Gasteiger partial charge in [0.2, 0.25) is 12.7 Å². The van der Waals surface area contributed by atoms with Crippen molar-refractivity contribution >= 4 is 23.4 Å². The zero-order valence-electron chi connectivity index (χ0n) is 15.6. The number of anilines is 1. The molecule has 0 saturated carbocycles. The molecule has 4 rings (SSSR count). The van der Waals surface area contributed by atoms with E-state index in [1.54, 1.807) is 18.2 Å². The average molecular weight is 402 g/mol. The van der Waals surface area contributed by atoms with E-state index in [0.29, 0.717) is 28.9 Å². The van der Waals surface area contributed by atoms with Gasteiger partial charge in [-0.15, -0.1) is 0 Å². The molecule has 1 aromatic heterocycles. The van der Waals surface area contributed by atoms with Crippen LogP contribution in [0.4, 0.5) is 5.69 Å². The number of amides is 1. The Bertz CT molecular complexity index is 946. The van der Waals surface area contributed by atoms with Gasteiger partial charge in [-0.1, -0.05) is 18.7 Å². The number of hydrogen-bond acceptors (Lipinski definition) is 7. The van der Waals surface area contributed by atoms with E-state index < -0.39 is 0 Å². The molecule has 0 unspecified atom stereocenters. The van der Waals surface area contributed by atoms with Crippen molar-refractivity contribution < 1.29 is 14.3 Å². The van der Waals surface area contributed by atoms with Crippen LogP contribution < -0.4 is 20.3 Å². The summed E-state index contributed by atoms with van der Waals surface area (Å²) in [5, 5.41) is 3.30. The van der Waals surface area contributed by atoms with Gasteiger partial charge in [-0.2, -0.15) is 0 Å². The number of H-pyrrole nitrogens is 1. The van der Waals surface area contributed by atoms with Crippen molar-refractivity contribution in [2.24, 2.45) is 0 Å². The summed E-state index contributed by atoms with van der Waals surface area (Å²) in [5.41, 5.74) is 2.12. The van der Waals surface area contributed by atoms with Crippen LogP contribution in [0.25, 0.3) is 0 Å². The number of aromatic amines is 1. The summed E-state index contributed by atoms with van der Waals surface area (Å²) in [5.74, 6) is 1.25. The molecule has 28 heavy (non-hydrogen) atoms. The van der Waals surface area contributed by atoms with E-state index in [1.807, 2.05) is 0 Å². The van der Waals surface area contributed by atoms with Gasteiger partial charge in [-0.3, -0.25) is 14.5 Å². The molecular formula is C19H22N4O4S. The third-order valence-corrected chi connectivity index (χ3v) is 5.54. The first-order valence-electron chi connectivity index (χ1n) is 9.29. The van der Waals surface area contributed by atoms with Crippen LogP contribution in [0.15, 0.2) is 28.2 Å². The van der Waals surface area contributed by atoms with Crippen LogP contribution in [-0.2, 0) is 17.8 Å². The highest BCUT2D eigenvalue weighted by atomic mass is 32.2. The molecule has 0 saturated heterocycles. The van der Waals surface area contributed by atoms with Crippen molar-refractivity contribution in [3.05, 3.63) is 39.8 Å². The molecule has 2 aliphatic heterocycles. The summed E-state index contributed by atoms with van der Waals surface area (Å²) in [7, 11) is 0. The van der Waals surface area contributed by atoms with Gasteiger partial charge in [0.25, 0.3) is 5.56 Å². The van der Waals surface area contributed by atoms with Crippen LogP contribution in [0.1, 0.15) is 24.6 Å². The van der Waals surface area contributed by atoms with E-state index in [0.717, 1.165) is 37.2 Å². The second kappa shape index (κ2) is 8.24. The molecule has 8 nitrogen and oxygen atoms in total. The lowest BCUT2D eigenvalue weighted by molar-refractivity contribution is -0.113. The highest BCUT2D eigenvalue weighted by molar-refractivity contribution is 7.99. The number of rotatable bonds is 6. The summed E-state index contributed by atoms with van der Waals surface area (Å²) in [6.07, 6.45) is 1.82. The van der Waals surface area contributed by atoms with Crippen LogP contribution in [0.3, 0.4) is 0 Å². The minimum absolute atomic E-state index is 0.107. The molecule has 1 aromatic carbocycles. The molecule has 3 heterocycles. The zero-order chi connectivity index (χ0) is 19.5. The Balaban J connectivity index is 1.36. The van der Waals surface area contributed by atoms with E-state index in [2.05, 4.69) is 27.1 Å². The van der Waals surface area contributed by atoms with Gasteiger partial charge >= 0.3 is 0 Å². The number of fused-ring (bicyclic) bond motifs is 2. The quantitative estimate of drug-likeness (QED) is 0.563. The number of ether oxygens (including phenoxy) is 2. The Morgan fingerprint density at radius 2 is 2.21 bits per heavy atom. The first-order valence-corrected chi connectivity index (χ1v) is 10.3. The van der Waals surface area contributed by atoms with Gasteiger partial charge in [0.05, 0.1) is 17.0 Å². The summed E-state index contributed by atoms with van der Waals surface area (Å²) in [6.45, 7) is 4.85. The number of carbonyl (C=O) groups is 1. The van der Waals surface area contributed by atoms with Gasteiger partial charge in [-0.05, 0) is 25.1 Å². The van der Waals surface area contributed by atoms with Crippen LogP contribution in [0.2, 0.25) is 0 Å². The van der Waals surface area contributed by atoms with E-state index in [1.165, 1.54) is 11.8 Å². The maximum atomic E-state index is 12.4. The summed E-state index contributed by atoms with van der Waals surface area (Å²) < 4.78 is 10.6. The first kappa shape index (κ1) is 18.8. The Kier molecular flexibility index (Phi) is 5.54. The molecule has 0 atom stereocenters. The number of carbonyl (C=O) groups excluding carboxylic acids is 1. The maximum Gasteiger partial charge on any atom is 0.256 e. The van der Waals surface area contributed by atoms with E-state index in [4.69, 9.17) is 9.47 Å². The van der Waals surface area contributed by atoms with Gasteiger partial charge in [0.1, 0.15) is 0 Å². The molecule has 148 valence electrons. The largest absolute Gasteiger partial charge is 0.454 e. The number of thioether (sulfide) groups is 1. The molecule has 0 spiro atoms. The van der Waals surface area contributed by atoms with Crippen molar-refractivity contribution in [1.82, 2.24) is 14.9 Å². The minimum Gasteiger partial charge on any atom is -0.454 e. The predicted molar refractivity (Wildman–Crippen MR) is 106 cm³/mol. The predicted octanol–water partition coefficient (Wildman–Crippen LogP) is 2.00. The molecule has 2 aromatic rings. The number of aromatic nitrogens is 2. The van der Waals surface area contributed by atoms with Crippen LogP contribution in [0, 0.1) is 0 Å². The van der Waals surface area contributed by atoms with E-state index in [-0.39, 0.29) is 24.0 Å². The Morgan fingerprint density at radius 1 is 1.36 bits per heavy atom. The molecule has 0 bridgehead atoms. The van der Waals surface area contributed by atoms with Crippen molar-refractivity contribution in [3.8, 4) is 11.5 Å². The molecule has 2 N–H and O–H groups in total. The Hall–Kier alpha value is -2.52. The molecule has 2 aliphatic rings. The van der Waals surface area contributed by atoms with Crippen molar-refractivity contribution in [2.75, 3.05) is 31.0 Å². The fourth-order valence-corrected chi connectivity index (χ4v) is 4.02. The molecule has 9 heteroatoms. The lowest BCUT2D eigenvalue weighted by Crippen LogP contribution is -2.36. The molecule has 0 aliphatic carbocycles. The molecule has 1 amide bonds. The zero-order valence-corrected chi connectivity index (χ0v) is 16.4. The van der Waals surface area contributed by atoms with Gasteiger partial charge in [0.15, 0.2) is 16.7 Å². The topological polar surface area (TPSA) is 96.6 Å². The highest BCUT2D eigenvalue weighted by Crippen LogP contribution is 2.34. The monoisotopic (exact) mass is 402 g/mol. The summed E-state index contributed by atoms with van der Waals surface area (Å²) >= 11 is 1.22. The van der Waals surface area contributed by atoms with Crippen LogP contribution >= 0.6 is 11.8 Å². The third kappa shape index (κ3) is 4.15. The summed E-state index contributed by atoms with van der Waals surface area (Å²) in [4.78, 5) is 34.3. The number of hydrogen-bond donors (Lipinski definition) is 2. The molecule has 0 fully saturated rings. The smallest absolute Gasteiger partial charge is 0.256 e. The average Bonchev–Trinajstić information content (AvgIpc) is 3.15. The van der Waals surface area contributed by atoms with Gasteiger partial charge in [-0.25, -0.2) is 4.98 Å². The Morgan fingerprint density at radius 3 is 3.07 bits per heavy atom. The van der Waals surface area contributed by atoms with E-state index >= 15 is 0 Å². The van der Waals surface area contributed by atoms with Crippen molar-refractivity contribution in [3.63, 3.8) is 0 Å². The SMILES string of the molecule is CCCN1CCc2nc(SCC(=O)Nc3ccc4c(c3)OCO4)[nH]c(=O)c2C1. The van der Waals surface area contributed by atoms with E-state index in [9.17, 15) is 9.59 Å². The summed E-state index contributed by atoms with van der Waals surface area (Å²) in [6, 6.07) is 5.25. The number of nitrogens with zero attached hydrogens (tertiary/aromatic N) is 2. The lowest BCUT2D eigenvalue weighted by Gasteiger charge is -2.27.